The van der Waals surface area contributed by atoms with Crippen molar-refractivity contribution in [3.63, 3.8) is 0 Å². The molecule has 1 aromatic carbocycles. The molecule has 0 aliphatic rings. The Morgan fingerprint density at radius 2 is 1.76 bits per heavy atom. The van der Waals surface area contributed by atoms with E-state index in [1.807, 2.05) is 0 Å². The van der Waals surface area contributed by atoms with Gasteiger partial charge in [0, 0.05) is 0 Å². The first-order valence-corrected chi connectivity index (χ1v) is 6.93. The zero-order valence-corrected chi connectivity index (χ0v) is 11.8. The molecule has 0 spiro atoms. The molecule has 0 bridgehead atoms. The zero-order chi connectivity index (χ0) is 16.3. The van der Waals surface area contributed by atoms with Gasteiger partial charge in [0.1, 0.15) is 5.75 Å². The average Bonchev–Trinajstić information content (AvgIpc) is 2.37. The Hall–Kier alpha value is -1.81. The molecule has 1 atom stereocenters. The van der Waals surface area contributed by atoms with Crippen molar-refractivity contribution in [3.05, 3.63) is 29.8 Å². The highest BCUT2D eigenvalue weighted by atomic mass is 32.2. The predicted octanol–water partition coefficient (Wildman–Crippen LogP) is 1.70. The van der Waals surface area contributed by atoms with E-state index >= 15 is 0 Å². The summed E-state index contributed by atoms with van der Waals surface area (Å²) in [5.41, 5.74) is -2.96. The van der Waals surface area contributed by atoms with E-state index < -0.39 is 33.2 Å². The number of nitrogens with one attached hydrogen (secondary N) is 1. The third-order valence-electron chi connectivity index (χ3n) is 2.47. The summed E-state index contributed by atoms with van der Waals surface area (Å²) in [7, 11) is -4.45. The van der Waals surface area contributed by atoms with Crippen molar-refractivity contribution in [2.45, 2.75) is 18.3 Å². The van der Waals surface area contributed by atoms with Gasteiger partial charge in [0.25, 0.3) is 5.91 Å². The largest absolute Gasteiger partial charge is 0.534 e. The number of carbonyl (C=O) groups excluding carboxylic acids is 1. The number of hydrogen-bond acceptors (Lipinski definition) is 5. The zero-order valence-electron chi connectivity index (χ0n) is 11.0. The minimum atomic E-state index is -5.71. The van der Waals surface area contributed by atoms with Gasteiger partial charge in [0.15, 0.2) is 0 Å². The van der Waals surface area contributed by atoms with Crippen LogP contribution in [0.4, 0.5) is 13.2 Å². The van der Waals surface area contributed by atoms with Gasteiger partial charge in [-0.3, -0.25) is 9.63 Å². The van der Waals surface area contributed by atoms with E-state index in [-0.39, 0.29) is 0 Å². The Bertz CT molecular complexity index is 597. The van der Waals surface area contributed by atoms with Crippen LogP contribution in [0.15, 0.2) is 24.3 Å². The van der Waals surface area contributed by atoms with Crippen LogP contribution in [-0.4, -0.2) is 26.9 Å². The van der Waals surface area contributed by atoms with Crippen molar-refractivity contribution >= 4 is 16.0 Å². The van der Waals surface area contributed by atoms with Gasteiger partial charge in [0.2, 0.25) is 0 Å². The van der Waals surface area contributed by atoms with Crippen molar-refractivity contribution in [1.29, 1.82) is 0 Å². The Morgan fingerprint density at radius 1 is 1.24 bits per heavy atom. The first-order valence-electron chi connectivity index (χ1n) is 5.52. The van der Waals surface area contributed by atoms with Gasteiger partial charge in [-0.05, 0) is 24.6 Å². The summed E-state index contributed by atoms with van der Waals surface area (Å²) >= 11 is 0. The van der Waals surface area contributed by atoms with Crippen molar-refractivity contribution in [3.8, 4) is 5.75 Å². The number of hydrogen-bond donors (Lipinski definition) is 1. The van der Waals surface area contributed by atoms with Crippen LogP contribution in [0.5, 0.6) is 5.75 Å². The van der Waals surface area contributed by atoms with E-state index in [1.54, 1.807) is 0 Å². The van der Waals surface area contributed by atoms with Crippen LogP contribution in [0.2, 0.25) is 0 Å². The van der Waals surface area contributed by atoms with Gasteiger partial charge in [-0.1, -0.05) is 12.1 Å². The smallest absolute Gasteiger partial charge is 0.376 e. The highest BCUT2D eigenvalue weighted by Crippen LogP contribution is 2.27. The van der Waals surface area contributed by atoms with Crippen LogP contribution in [0.3, 0.4) is 0 Å². The number of alkyl halides is 3. The fourth-order valence-corrected chi connectivity index (χ4v) is 1.79. The van der Waals surface area contributed by atoms with Crippen LogP contribution in [0.1, 0.15) is 18.4 Å². The molecule has 0 saturated heterocycles. The summed E-state index contributed by atoms with van der Waals surface area (Å²) in [6.07, 6.45) is 0. The molecule has 1 rings (SSSR count). The molecule has 0 radical (unpaired) electrons. The highest BCUT2D eigenvalue weighted by Gasteiger charge is 2.48. The number of carbonyl (C=O) groups is 1. The number of amides is 1. The second-order valence-corrected chi connectivity index (χ2v) is 5.48. The molecule has 10 heteroatoms. The number of benzene rings is 1. The lowest BCUT2D eigenvalue weighted by Gasteiger charge is -2.12. The normalized spacial score (nSPS) is 13.6. The van der Waals surface area contributed by atoms with E-state index in [9.17, 15) is 26.4 Å². The van der Waals surface area contributed by atoms with E-state index in [0.717, 1.165) is 12.1 Å². The maximum Gasteiger partial charge on any atom is 0.534 e. The van der Waals surface area contributed by atoms with Gasteiger partial charge in [-0.2, -0.15) is 21.6 Å². The topological polar surface area (TPSA) is 81.7 Å². The van der Waals surface area contributed by atoms with E-state index in [4.69, 9.17) is 0 Å². The molecule has 0 aromatic heterocycles. The summed E-state index contributed by atoms with van der Waals surface area (Å²) in [6.45, 7) is 1.54. The molecule has 1 N–H and O–H groups in total. The van der Waals surface area contributed by atoms with Gasteiger partial charge < -0.3 is 4.18 Å². The van der Waals surface area contributed by atoms with Crippen LogP contribution >= 0.6 is 0 Å². The molecule has 21 heavy (non-hydrogen) atoms. The quantitative estimate of drug-likeness (QED) is 0.506. The maximum atomic E-state index is 12.1. The number of halogens is 3. The summed E-state index contributed by atoms with van der Waals surface area (Å²) in [5, 5.41) is 0. The Kier molecular flexibility index (Phi) is 5.18. The second-order valence-electron chi connectivity index (χ2n) is 3.94. The molecule has 0 aliphatic carbocycles. The molecule has 6 nitrogen and oxygen atoms in total. The summed E-state index contributed by atoms with van der Waals surface area (Å²) < 4.78 is 62.0. The Morgan fingerprint density at radius 3 is 2.19 bits per heavy atom. The molecular formula is C11H12F3NO5S. The van der Waals surface area contributed by atoms with Gasteiger partial charge in [-0.25, -0.2) is 5.48 Å². The number of rotatable bonds is 5. The third-order valence-corrected chi connectivity index (χ3v) is 3.44. The lowest BCUT2D eigenvalue weighted by molar-refractivity contribution is -0.132. The van der Waals surface area contributed by atoms with E-state index in [2.05, 4.69) is 14.5 Å². The van der Waals surface area contributed by atoms with Crippen LogP contribution < -0.4 is 9.66 Å². The summed E-state index contributed by atoms with van der Waals surface area (Å²) in [4.78, 5) is 15.9. The SMILES string of the molecule is CONC(=O)[C@H](C)c1ccc(OS(=O)(=O)C(F)(F)F)cc1. The van der Waals surface area contributed by atoms with Gasteiger partial charge >= 0.3 is 15.6 Å². The minimum Gasteiger partial charge on any atom is -0.376 e. The third kappa shape index (κ3) is 4.33. The predicted molar refractivity (Wildman–Crippen MR) is 65.6 cm³/mol. The summed E-state index contributed by atoms with van der Waals surface area (Å²) in [6, 6.07) is 4.60. The van der Waals surface area contributed by atoms with Crippen molar-refractivity contribution in [2.24, 2.45) is 0 Å². The standard InChI is InChI=1S/C11H12F3NO5S/c1-7(10(16)15-19-2)8-3-5-9(6-4-8)20-21(17,18)11(12,13)14/h3-7H,1-2H3,(H,15,16)/t7-/m1/s1. The fourth-order valence-electron chi connectivity index (χ4n) is 1.33. The molecular weight excluding hydrogens is 315 g/mol. The van der Waals surface area contributed by atoms with Crippen LogP contribution in [0, 0.1) is 0 Å². The molecule has 1 aromatic rings. The molecule has 0 saturated carbocycles. The van der Waals surface area contributed by atoms with E-state index in [1.165, 1.54) is 26.2 Å². The van der Waals surface area contributed by atoms with Crippen LogP contribution in [-0.2, 0) is 19.8 Å². The number of hydroxylamine groups is 1. The highest BCUT2D eigenvalue weighted by molar-refractivity contribution is 7.87. The Balaban J connectivity index is 2.87. The lowest BCUT2D eigenvalue weighted by atomic mass is 10.0. The first-order chi connectivity index (χ1) is 9.58. The Labute approximate surface area is 118 Å². The molecule has 0 fully saturated rings. The van der Waals surface area contributed by atoms with Crippen molar-refractivity contribution in [2.75, 3.05) is 7.11 Å². The average molecular weight is 327 g/mol. The molecule has 1 amide bonds. The van der Waals surface area contributed by atoms with Gasteiger partial charge in [-0.15, -0.1) is 0 Å². The van der Waals surface area contributed by atoms with Crippen molar-refractivity contribution < 1.29 is 35.4 Å². The maximum absolute atomic E-state index is 12.1. The van der Waals surface area contributed by atoms with E-state index in [0.29, 0.717) is 5.56 Å². The van der Waals surface area contributed by atoms with Crippen molar-refractivity contribution in [1.82, 2.24) is 5.48 Å². The first kappa shape index (κ1) is 17.2. The molecule has 118 valence electrons. The van der Waals surface area contributed by atoms with Gasteiger partial charge in [0.05, 0.1) is 13.0 Å². The lowest BCUT2D eigenvalue weighted by Crippen LogP contribution is -2.28. The monoisotopic (exact) mass is 327 g/mol. The summed E-state index contributed by atoms with van der Waals surface area (Å²) in [5.74, 6) is -1.61. The molecule has 0 heterocycles. The van der Waals surface area contributed by atoms with Crippen LogP contribution in [0.25, 0.3) is 0 Å². The molecule has 0 aliphatic heterocycles. The fraction of sp³-hybridized carbons (Fsp3) is 0.364. The molecule has 0 unspecified atom stereocenters. The second kappa shape index (κ2) is 6.31. The minimum absolute atomic E-state index is 0.446.